The van der Waals surface area contributed by atoms with Crippen molar-refractivity contribution in [2.75, 3.05) is 7.11 Å². The summed E-state index contributed by atoms with van der Waals surface area (Å²) in [7, 11) is 1.15. The van der Waals surface area contributed by atoms with E-state index in [4.69, 9.17) is 5.11 Å². The van der Waals surface area contributed by atoms with E-state index < -0.39 is 16.9 Å². The van der Waals surface area contributed by atoms with Crippen molar-refractivity contribution in [3.05, 3.63) is 39.4 Å². The van der Waals surface area contributed by atoms with Gasteiger partial charge in [-0.25, -0.2) is 4.79 Å². The van der Waals surface area contributed by atoms with E-state index in [2.05, 4.69) is 4.74 Å². The maximum absolute atomic E-state index is 11.5. The number of carbonyl (C=O) groups excluding carboxylic acids is 1. The van der Waals surface area contributed by atoms with Crippen molar-refractivity contribution in [1.29, 1.82) is 0 Å². The van der Waals surface area contributed by atoms with Crippen LogP contribution in [0, 0.1) is 10.1 Å². The normalized spacial score (nSPS) is 9.83. The number of ether oxygens (including phenoxy) is 1. The lowest BCUT2D eigenvalue weighted by molar-refractivity contribution is -0.385. The number of carboxylic acid groups (broad SMARTS) is 1. The van der Waals surface area contributed by atoms with E-state index in [0.717, 1.165) is 7.11 Å². The first kappa shape index (κ1) is 13.6. The maximum Gasteiger partial charge on any atom is 0.338 e. The molecule has 0 aliphatic heterocycles. The summed E-state index contributed by atoms with van der Waals surface area (Å²) in [6.45, 7) is 0. The van der Waals surface area contributed by atoms with Crippen molar-refractivity contribution in [3.63, 3.8) is 0 Å². The van der Waals surface area contributed by atoms with Gasteiger partial charge in [-0.1, -0.05) is 6.07 Å². The number of benzene rings is 1. The molecule has 0 radical (unpaired) electrons. The number of carboxylic acids is 1. The van der Waals surface area contributed by atoms with Gasteiger partial charge in [0.05, 0.1) is 17.6 Å². The molecule has 0 saturated carbocycles. The van der Waals surface area contributed by atoms with Gasteiger partial charge >= 0.3 is 11.9 Å². The van der Waals surface area contributed by atoms with Crippen LogP contribution in [-0.2, 0) is 16.0 Å². The number of nitro groups is 1. The number of hydrogen-bond acceptors (Lipinski definition) is 5. The molecule has 0 bridgehead atoms. The van der Waals surface area contributed by atoms with Crippen LogP contribution in [-0.4, -0.2) is 29.1 Å². The van der Waals surface area contributed by atoms with Crippen LogP contribution in [0.2, 0.25) is 0 Å². The molecule has 0 atom stereocenters. The number of carbonyl (C=O) groups is 2. The zero-order chi connectivity index (χ0) is 13.7. The van der Waals surface area contributed by atoms with Crippen molar-refractivity contribution in [2.24, 2.45) is 0 Å². The molecular formula is C11H11NO6. The van der Waals surface area contributed by atoms with E-state index in [0.29, 0.717) is 0 Å². The van der Waals surface area contributed by atoms with Gasteiger partial charge in [0.15, 0.2) is 0 Å². The third kappa shape index (κ3) is 3.03. The van der Waals surface area contributed by atoms with Crippen molar-refractivity contribution in [3.8, 4) is 0 Å². The Hall–Kier alpha value is -2.44. The lowest BCUT2D eigenvalue weighted by atomic mass is 10.0. The van der Waals surface area contributed by atoms with Crippen molar-refractivity contribution in [2.45, 2.75) is 12.8 Å². The molecule has 0 aromatic heterocycles. The predicted octanol–water partition coefficient (Wildman–Crippen LogP) is 1.40. The molecule has 1 rings (SSSR count). The molecule has 1 aromatic rings. The number of nitrogens with zero attached hydrogens (tertiary/aromatic N) is 1. The van der Waals surface area contributed by atoms with E-state index >= 15 is 0 Å². The first-order chi connectivity index (χ1) is 8.47. The van der Waals surface area contributed by atoms with E-state index in [1.54, 1.807) is 0 Å². The largest absolute Gasteiger partial charge is 0.481 e. The molecule has 1 aromatic carbocycles. The Labute approximate surface area is 102 Å². The Morgan fingerprint density at radius 2 is 2.11 bits per heavy atom. The summed E-state index contributed by atoms with van der Waals surface area (Å²) in [5.74, 6) is -1.82. The molecule has 0 saturated heterocycles. The standard InChI is InChI=1S/C11H11NO6/c1-18-11(15)8-3-2-4-9(12(16)17)7(8)5-6-10(13)14/h2-4H,5-6H2,1H3,(H,13,14). The average molecular weight is 253 g/mol. The second kappa shape index (κ2) is 5.76. The molecule has 18 heavy (non-hydrogen) atoms. The number of rotatable bonds is 5. The molecule has 96 valence electrons. The van der Waals surface area contributed by atoms with Crippen LogP contribution >= 0.6 is 0 Å². The maximum atomic E-state index is 11.5. The second-order valence-electron chi connectivity index (χ2n) is 3.45. The highest BCUT2D eigenvalue weighted by molar-refractivity contribution is 5.92. The van der Waals surface area contributed by atoms with E-state index in [9.17, 15) is 19.7 Å². The summed E-state index contributed by atoms with van der Waals surface area (Å²) in [4.78, 5) is 32.2. The topological polar surface area (TPSA) is 107 Å². The number of nitro benzene ring substituents is 1. The van der Waals surface area contributed by atoms with E-state index in [-0.39, 0.29) is 29.7 Å². The van der Waals surface area contributed by atoms with Gasteiger partial charge in [-0.05, 0) is 12.5 Å². The zero-order valence-electron chi connectivity index (χ0n) is 9.58. The van der Waals surface area contributed by atoms with Crippen LogP contribution in [0.25, 0.3) is 0 Å². The van der Waals surface area contributed by atoms with Crippen LogP contribution in [0.15, 0.2) is 18.2 Å². The smallest absolute Gasteiger partial charge is 0.338 e. The fourth-order valence-electron chi connectivity index (χ4n) is 1.54. The molecule has 7 heteroatoms. The van der Waals surface area contributed by atoms with Gasteiger partial charge in [0.2, 0.25) is 0 Å². The molecule has 0 spiro atoms. The zero-order valence-corrected chi connectivity index (χ0v) is 9.58. The molecule has 0 aliphatic carbocycles. The predicted molar refractivity (Wildman–Crippen MR) is 60.4 cm³/mol. The Bertz CT molecular complexity index is 496. The third-order valence-corrected chi connectivity index (χ3v) is 2.34. The molecular weight excluding hydrogens is 242 g/mol. The van der Waals surface area contributed by atoms with Gasteiger partial charge in [-0.3, -0.25) is 14.9 Å². The van der Waals surface area contributed by atoms with E-state index in [1.807, 2.05) is 0 Å². The minimum absolute atomic E-state index is 0.0213. The molecule has 0 heterocycles. The monoisotopic (exact) mass is 253 g/mol. The fraction of sp³-hybridized carbons (Fsp3) is 0.273. The highest BCUT2D eigenvalue weighted by atomic mass is 16.6. The van der Waals surface area contributed by atoms with Crippen molar-refractivity contribution < 1.29 is 24.4 Å². The highest BCUT2D eigenvalue weighted by Crippen LogP contribution is 2.24. The number of methoxy groups -OCH3 is 1. The molecule has 0 amide bonds. The highest BCUT2D eigenvalue weighted by Gasteiger charge is 2.22. The Balaban J connectivity index is 3.24. The number of aliphatic carboxylic acids is 1. The fourth-order valence-corrected chi connectivity index (χ4v) is 1.54. The van der Waals surface area contributed by atoms with Gasteiger partial charge < -0.3 is 9.84 Å². The minimum Gasteiger partial charge on any atom is -0.481 e. The minimum atomic E-state index is -1.09. The summed E-state index contributed by atoms with van der Waals surface area (Å²) in [5, 5.41) is 19.4. The summed E-state index contributed by atoms with van der Waals surface area (Å²) < 4.78 is 4.51. The van der Waals surface area contributed by atoms with E-state index in [1.165, 1.54) is 18.2 Å². The Morgan fingerprint density at radius 1 is 1.44 bits per heavy atom. The van der Waals surface area contributed by atoms with Gasteiger partial charge in [-0.15, -0.1) is 0 Å². The average Bonchev–Trinajstić information content (AvgIpc) is 2.34. The molecule has 0 unspecified atom stereocenters. The van der Waals surface area contributed by atoms with Gasteiger partial charge in [0.25, 0.3) is 5.69 Å². The van der Waals surface area contributed by atoms with Crippen molar-refractivity contribution >= 4 is 17.6 Å². The van der Waals surface area contributed by atoms with Crippen LogP contribution < -0.4 is 0 Å². The third-order valence-electron chi connectivity index (χ3n) is 2.34. The van der Waals surface area contributed by atoms with Gasteiger partial charge in [0, 0.05) is 18.1 Å². The van der Waals surface area contributed by atoms with Gasteiger partial charge in [-0.2, -0.15) is 0 Å². The summed E-state index contributed by atoms with van der Waals surface area (Å²) in [6, 6.07) is 3.95. The summed E-state index contributed by atoms with van der Waals surface area (Å²) in [6.07, 6.45) is -0.397. The van der Waals surface area contributed by atoms with Crippen LogP contribution in [0.4, 0.5) is 5.69 Å². The quantitative estimate of drug-likeness (QED) is 0.482. The van der Waals surface area contributed by atoms with Crippen LogP contribution in [0.3, 0.4) is 0 Å². The SMILES string of the molecule is COC(=O)c1cccc([N+](=O)[O-])c1CCC(=O)O. The van der Waals surface area contributed by atoms with Gasteiger partial charge in [0.1, 0.15) is 0 Å². The summed E-state index contributed by atoms with van der Waals surface area (Å²) in [5.41, 5.74) is -0.177. The lowest BCUT2D eigenvalue weighted by Gasteiger charge is -2.07. The molecule has 7 nitrogen and oxygen atoms in total. The van der Waals surface area contributed by atoms with Crippen LogP contribution in [0.1, 0.15) is 22.3 Å². The lowest BCUT2D eigenvalue weighted by Crippen LogP contribution is -2.10. The second-order valence-corrected chi connectivity index (χ2v) is 3.45. The number of esters is 1. The number of hydrogen-bond donors (Lipinski definition) is 1. The molecule has 0 aliphatic rings. The van der Waals surface area contributed by atoms with Crippen LogP contribution in [0.5, 0.6) is 0 Å². The first-order valence-electron chi connectivity index (χ1n) is 5.03. The Morgan fingerprint density at radius 3 is 2.61 bits per heavy atom. The Kier molecular flexibility index (Phi) is 4.36. The summed E-state index contributed by atoms with van der Waals surface area (Å²) >= 11 is 0. The van der Waals surface area contributed by atoms with Crippen molar-refractivity contribution in [1.82, 2.24) is 0 Å². The molecule has 0 fully saturated rings. The molecule has 1 N–H and O–H groups in total. The first-order valence-corrected chi connectivity index (χ1v) is 5.03.